The van der Waals surface area contributed by atoms with Crippen molar-refractivity contribution in [1.82, 2.24) is 4.68 Å². The van der Waals surface area contributed by atoms with Crippen molar-refractivity contribution in [2.24, 2.45) is 0 Å². The zero-order valence-corrected chi connectivity index (χ0v) is 16.0. The van der Waals surface area contributed by atoms with Crippen LogP contribution in [0, 0.1) is 0 Å². The highest BCUT2D eigenvalue weighted by atomic mass is 16.4. The predicted octanol–water partition coefficient (Wildman–Crippen LogP) is 1.91. The molecule has 0 radical (unpaired) electrons. The standard InChI is InChI=1S/C23H23BN3O2/c28-24(29)23-9-5-4-8-22(23)17-26-13-10-20(11-14-26)21-12-15-27(18-21)25-16-19-6-2-1-3-7-19/h1-15,18,25,28-29H,16-17H2/q+1. The van der Waals surface area contributed by atoms with Crippen LogP contribution in [0.2, 0.25) is 0 Å². The lowest BCUT2D eigenvalue weighted by Crippen LogP contribution is -2.40. The first-order valence-electron chi connectivity index (χ1n) is 9.58. The van der Waals surface area contributed by atoms with Gasteiger partial charge in [-0.15, -0.1) is 0 Å². The number of hydrogen-bond donors (Lipinski definition) is 3. The van der Waals surface area contributed by atoms with Crippen LogP contribution >= 0.6 is 0 Å². The second-order valence-corrected chi connectivity index (χ2v) is 6.96. The van der Waals surface area contributed by atoms with Crippen LogP contribution in [0.25, 0.3) is 11.1 Å². The van der Waals surface area contributed by atoms with Gasteiger partial charge in [0.25, 0.3) is 0 Å². The van der Waals surface area contributed by atoms with Gasteiger partial charge >= 0.3 is 7.12 Å². The van der Waals surface area contributed by atoms with Gasteiger partial charge in [-0.3, -0.25) is 4.68 Å². The highest BCUT2D eigenvalue weighted by Gasteiger charge is 2.17. The summed E-state index contributed by atoms with van der Waals surface area (Å²) in [5.41, 5.74) is 8.28. The Morgan fingerprint density at radius 1 is 0.828 bits per heavy atom. The molecule has 5 nitrogen and oxygen atoms in total. The Bertz CT molecular complexity index is 1060. The fraction of sp³-hybridized carbons (Fsp3) is 0.0870. The van der Waals surface area contributed by atoms with Crippen LogP contribution in [-0.4, -0.2) is 21.8 Å². The lowest BCUT2D eigenvalue weighted by Gasteiger charge is -2.07. The van der Waals surface area contributed by atoms with Gasteiger partial charge in [-0.05, 0) is 22.7 Å². The summed E-state index contributed by atoms with van der Waals surface area (Å²) in [5.74, 6) is 0. The van der Waals surface area contributed by atoms with E-state index in [0.29, 0.717) is 12.0 Å². The SMILES string of the molecule is OB(O)c1ccccc1C[n+]1ccc(-c2ccn(NCc3ccccc3)c2)cc1. The third kappa shape index (κ3) is 4.74. The fourth-order valence-corrected chi connectivity index (χ4v) is 3.33. The number of aromatic nitrogens is 2. The Kier molecular flexibility index (Phi) is 5.75. The summed E-state index contributed by atoms with van der Waals surface area (Å²) in [6.45, 7) is 1.34. The molecule has 4 rings (SSSR count). The molecule has 0 spiro atoms. The normalized spacial score (nSPS) is 10.7. The number of rotatable bonds is 7. The van der Waals surface area contributed by atoms with E-state index in [-0.39, 0.29) is 0 Å². The Morgan fingerprint density at radius 3 is 2.31 bits per heavy atom. The van der Waals surface area contributed by atoms with E-state index >= 15 is 0 Å². The lowest BCUT2D eigenvalue weighted by molar-refractivity contribution is -0.688. The molecular weight excluding hydrogens is 361 g/mol. The number of pyridine rings is 1. The summed E-state index contributed by atoms with van der Waals surface area (Å²) in [5, 5.41) is 19.1. The predicted molar refractivity (Wildman–Crippen MR) is 115 cm³/mol. The van der Waals surface area contributed by atoms with Crippen molar-refractivity contribution in [2.75, 3.05) is 5.43 Å². The van der Waals surface area contributed by atoms with E-state index < -0.39 is 7.12 Å². The third-order valence-corrected chi connectivity index (χ3v) is 4.91. The zero-order valence-electron chi connectivity index (χ0n) is 16.0. The first kappa shape index (κ1) is 19.0. The van der Waals surface area contributed by atoms with E-state index in [4.69, 9.17) is 0 Å². The first-order valence-corrected chi connectivity index (χ1v) is 9.58. The van der Waals surface area contributed by atoms with Gasteiger partial charge in [-0.2, -0.15) is 0 Å². The maximum Gasteiger partial charge on any atom is 0.488 e. The quantitative estimate of drug-likeness (QED) is 0.337. The molecule has 0 saturated carbocycles. The van der Waals surface area contributed by atoms with Crippen molar-refractivity contribution in [2.45, 2.75) is 13.1 Å². The minimum atomic E-state index is -1.46. The molecule has 0 amide bonds. The van der Waals surface area contributed by atoms with Crippen LogP contribution in [0.15, 0.2) is 97.6 Å². The molecule has 4 aromatic rings. The fourth-order valence-electron chi connectivity index (χ4n) is 3.33. The zero-order chi connectivity index (χ0) is 20.1. The minimum Gasteiger partial charge on any atom is -0.423 e. The molecule has 2 heterocycles. The van der Waals surface area contributed by atoms with Gasteiger partial charge in [-0.1, -0.05) is 54.6 Å². The topological polar surface area (TPSA) is 61.3 Å². The number of hydrogen-bond acceptors (Lipinski definition) is 3. The maximum atomic E-state index is 9.53. The van der Waals surface area contributed by atoms with Gasteiger partial charge in [0.2, 0.25) is 0 Å². The summed E-state index contributed by atoms with van der Waals surface area (Å²) in [7, 11) is -1.46. The molecule has 0 unspecified atom stereocenters. The molecule has 0 fully saturated rings. The summed E-state index contributed by atoms with van der Waals surface area (Å²) in [6, 6.07) is 23.9. The molecule has 0 aliphatic rings. The molecule has 0 aliphatic heterocycles. The molecule has 0 saturated heterocycles. The molecule has 144 valence electrons. The van der Waals surface area contributed by atoms with E-state index in [2.05, 4.69) is 42.0 Å². The van der Waals surface area contributed by atoms with Crippen LogP contribution in [-0.2, 0) is 13.1 Å². The van der Waals surface area contributed by atoms with Crippen LogP contribution in [0.4, 0.5) is 0 Å². The van der Waals surface area contributed by atoms with Gasteiger partial charge in [0, 0.05) is 35.7 Å². The van der Waals surface area contributed by atoms with Crippen LogP contribution in [0.3, 0.4) is 0 Å². The van der Waals surface area contributed by atoms with Crippen molar-refractivity contribution in [1.29, 1.82) is 0 Å². The molecule has 6 heteroatoms. The molecule has 0 aliphatic carbocycles. The van der Waals surface area contributed by atoms with E-state index in [0.717, 1.165) is 23.2 Å². The second-order valence-electron chi connectivity index (χ2n) is 6.96. The summed E-state index contributed by atoms with van der Waals surface area (Å²) in [4.78, 5) is 0. The van der Waals surface area contributed by atoms with E-state index in [1.165, 1.54) is 5.56 Å². The van der Waals surface area contributed by atoms with E-state index in [1.54, 1.807) is 6.07 Å². The second kappa shape index (κ2) is 8.77. The molecule has 3 N–H and O–H groups in total. The summed E-state index contributed by atoms with van der Waals surface area (Å²) in [6.07, 6.45) is 8.09. The molecule has 0 bridgehead atoms. The minimum absolute atomic E-state index is 0.533. The summed E-state index contributed by atoms with van der Waals surface area (Å²) < 4.78 is 4.00. The largest absolute Gasteiger partial charge is 0.488 e. The van der Waals surface area contributed by atoms with Crippen molar-refractivity contribution in [3.8, 4) is 11.1 Å². The Balaban J connectivity index is 1.43. The lowest BCUT2D eigenvalue weighted by atomic mass is 9.77. The molecule has 2 aromatic carbocycles. The van der Waals surface area contributed by atoms with Gasteiger partial charge in [0.1, 0.15) is 0 Å². The Labute approximate surface area is 170 Å². The first-order chi connectivity index (χ1) is 14.2. The highest BCUT2D eigenvalue weighted by molar-refractivity contribution is 6.59. The van der Waals surface area contributed by atoms with Crippen molar-refractivity contribution >= 4 is 12.6 Å². The Morgan fingerprint density at radius 2 is 1.55 bits per heavy atom. The molecular formula is C23H23BN3O2+. The van der Waals surface area contributed by atoms with Crippen LogP contribution < -0.4 is 15.5 Å². The average Bonchev–Trinajstić information content (AvgIpc) is 3.23. The molecule has 0 atom stereocenters. The summed E-state index contributed by atoms with van der Waals surface area (Å²) >= 11 is 0. The smallest absolute Gasteiger partial charge is 0.423 e. The van der Waals surface area contributed by atoms with E-state index in [9.17, 15) is 10.0 Å². The Hall–Kier alpha value is -3.35. The number of nitrogens with zero attached hydrogens (tertiary/aromatic N) is 2. The molecule has 2 aromatic heterocycles. The average molecular weight is 384 g/mol. The van der Waals surface area contributed by atoms with Crippen molar-refractivity contribution < 1.29 is 14.6 Å². The highest BCUT2D eigenvalue weighted by Crippen LogP contribution is 2.17. The van der Waals surface area contributed by atoms with Gasteiger partial charge in [0.05, 0.1) is 6.54 Å². The third-order valence-electron chi connectivity index (χ3n) is 4.91. The molecule has 29 heavy (non-hydrogen) atoms. The van der Waals surface area contributed by atoms with Crippen LogP contribution in [0.5, 0.6) is 0 Å². The van der Waals surface area contributed by atoms with Crippen molar-refractivity contribution in [3.05, 3.63) is 109 Å². The number of benzene rings is 2. The van der Waals surface area contributed by atoms with Gasteiger partial charge < -0.3 is 15.5 Å². The monoisotopic (exact) mass is 384 g/mol. The number of nitrogens with one attached hydrogen (secondary N) is 1. The van der Waals surface area contributed by atoms with Crippen LogP contribution in [0.1, 0.15) is 11.1 Å². The van der Waals surface area contributed by atoms with Gasteiger partial charge in [0.15, 0.2) is 18.9 Å². The maximum absolute atomic E-state index is 9.53. The van der Waals surface area contributed by atoms with Crippen molar-refractivity contribution in [3.63, 3.8) is 0 Å². The van der Waals surface area contributed by atoms with E-state index in [1.807, 2.05) is 64.2 Å². The van der Waals surface area contributed by atoms with Gasteiger partial charge in [-0.25, -0.2) is 4.57 Å².